The Morgan fingerprint density at radius 2 is 2.00 bits per heavy atom. The number of hydrogen-bond acceptors (Lipinski definition) is 4. The average Bonchev–Trinajstić information content (AvgIpc) is 3.01. The van der Waals surface area contributed by atoms with Crippen LogP contribution < -0.4 is 0 Å². The van der Waals surface area contributed by atoms with E-state index in [2.05, 4.69) is 15.4 Å². The van der Waals surface area contributed by atoms with Crippen molar-refractivity contribution in [2.75, 3.05) is 26.2 Å². The molecule has 1 amide bonds. The van der Waals surface area contributed by atoms with Crippen molar-refractivity contribution in [3.8, 4) is 0 Å². The van der Waals surface area contributed by atoms with E-state index < -0.39 is 0 Å². The predicted molar refractivity (Wildman–Crippen MR) is 79.7 cm³/mol. The van der Waals surface area contributed by atoms with Crippen molar-refractivity contribution in [3.05, 3.63) is 16.6 Å². The molecule has 20 heavy (non-hydrogen) atoms. The number of carbonyl (C=O) groups is 1. The highest BCUT2D eigenvalue weighted by Gasteiger charge is 2.27. The first-order chi connectivity index (χ1) is 9.83. The summed E-state index contributed by atoms with van der Waals surface area (Å²) in [6, 6.07) is 0.701. The Hall–Kier alpha value is -0.940. The van der Waals surface area contributed by atoms with E-state index in [1.54, 1.807) is 0 Å². The highest BCUT2D eigenvalue weighted by atomic mass is 32.1. The Morgan fingerprint density at radius 1 is 1.25 bits per heavy atom. The molecule has 109 valence electrons. The van der Waals surface area contributed by atoms with E-state index in [0.717, 1.165) is 31.6 Å². The van der Waals surface area contributed by atoms with Crippen molar-refractivity contribution >= 4 is 17.2 Å². The minimum Gasteiger partial charge on any atom is -0.342 e. The van der Waals surface area contributed by atoms with Crippen molar-refractivity contribution in [3.63, 3.8) is 0 Å². The molecule has 0 aliphatic carbocycles. The molecule has 0 spiro atoms. The smallest absolute Gasteiger partial charge is 0.228 e. The van der Waals surface area contributed by atoms with Crippen LogP contribution in [0.5, 0.6) is 0 Å². The highest BCUT2D eigenvalue weighted by Crippen LogP contribution is 2.21. The van der Waals surface area contributed by atoms with Gasteiger partial charge in [-0.05, 0) is 38.8 Å². The first kappa shape index (κ1) is 14.0. The van der Waals surface area contributed by atoms with Gasteiger partial charge in [0.1, 0.15) is 0 Å². The van der Waals surface area contributed by atoms with Crippen LogP contribution in [0.4, 0.5) is 0 Å². The second kappa shape index (κ2) is 6.68. The van der Waals surface area contributed by atoms with E-state index in [0.29, 0.717) is 12.5 Å². The Labute approximate surface area is 124 Å². The number of hydrogen-bond donors (Lipinski definition) is 0. The van der Waals surface area contributed by atoms with Crippen molar-refractivity contribution in [1.82, 2.24) is 14.8 Å². The molecule has 2 aliphatic heterocycles. The van der Waals surface area contributed by atoms with Gasteiger partial charge < -0.3 is 9.80 Å². The molecule has 4 nitrogen and oxygen atoms in total. The summed E-state index contributed by atoms with van der Waals surface area (Å²) >= 11 is 1.43. The van der Waals surface area contributed by atoms with Gasteiger partial charge in [0.2, 0.25) is 5.91 Å². The monoisotopic (exact) mass is 292 g/mol. The van der Waals surface area contributed by atoms with Crippen LogP contribution in [-0.4, -0.2) is 52.9 Å². The van der Waals surface area contributed by atoms with Gasteiger partial charge in [0.25, 0.3) is 0 Å². The van der Waals surface area contributed by atoms with E-state index in [4.69, 9.17) is 0 Å². The lowest BCUT2D eigenvalue weighted by atomic mass is 9.99. The molecule has 1 aromatic rings. The van der Waals surface area contributed by atoms with Crippen LogP contribution in [0.25, 0.3) is 0 Å². The summed E-state index contributed by atoms with van der Waals surface area (Å²) in [6.07, 6.45) is 6.79. The number of thiazole rings is 1. The number of rotatable bonds is 3. The van der Waals surface area contributed by atoms with Crippen molar-refractivity contribution in [1.29, 1.82) is 0 Å². The second-order valence-corrected chi connectivity index (χ2v) is 6.47. The van der Waals surface area contributed by atoms with Gasteiger partial charge in [-0.1, -0.05) is 6.42 Å². The minimum atomic E-state index is 0.224. The standard InChI is InChI=1S/C15H22N3OS/c19-15(10-13-11-20-12-16-13)18-8-4-14(5-9-18)17-6-2-1-3-7-17/h11,14H,1-10H2. The minimum absolute atomic E-state index is 0.224. The number of carbonyl (C=O) groups excluding carboxylic acids is 1. The van der Waals surface area contributed by atoms with Crippen molar-refractivity contribution < 1.29 is 4.79 Å². The van der Waals surface area contributed by atoms with E-state index in [1.165, 1.54) is 43.7 Å². The molecule has 0 N–H and O–H groups in total. The summed E-state index contributed by atoms with van der Waals surface area (Å²) in [4.78, 5) is 20.9. The average molecular weight is 292 g/mol. The second-order valence-electron chi connectivity index (χ2n) is 5.82. The fraction of sp³-hybridized carbons (Fsp3) is 0.733. The molecule has 5 heteroatoms. The van der Waals surface area contributed by atoms with Crippen molar-refractivity contribution in [2.24, 2.45) is 0 Å². The predicted octanol–water partition coefficient (Wildman–Crippen LogP) is 1.96. The summed E-state index contributed by atoms with van der Waals surface area (Å²) in [5.74, 6) is 0.224. The molecule has 2 aliphatic rings. The summed E-state index contributed by atoms with van der Waals surface area (Å²) in [7, 11) is 0. The summed E-state index contributed by atoms with van der Waals surface area (Å²) < 4.78 is 0. The number of nitrogens with zero attached hydrogens (tertiary/aromatic N) is 3. The fourth-order valence-corrected chi connectivity index (χ4v) is 3.81. The topological polar surface area (TPSA) is 36.4 Å². The molecule has 0 unspecified atom stereocenters. The van der Waals surface area contributed by atoms with E-state index in [-0.39, 0.29) is 5.91 Å². The fourth-order valence-electron chi connectivity index (χ4n) is 3.32. The maximum atomic E-state index is 12.2. The molecule has 0 atom stereocenters. The molecular weight excluding hydrogens is 270 g/mol. The lowest BCUT2D eigenvalue weighted by molar-refractivity contribution is -0.132. The third kappa shape index (κ3) is 3.38. The molecule has 3 rings (SSSR count). The first-order valence-electron chi connectivity index (χ1n) is 7.65. The van der Waals surface area contributed by atoms with Crippen LogP contribution in [0.15, 0.2) is 5.38 Å². The molecule has 2 saturated heterocycles. The molecule has 0 saturated carbocycles. The van der Waals surface area contributed by atoms with Crippen LogP contribution in [0.3, 0.4) is 0 Å². The van der Waals surface area contributed by atoms with Gasteiger partial charge in [-0.3, -0.25) is 4.79 Å². The summed E-state index contributed by atoms with van der Waals surface area (Å²) in [6.45, 7) is 4.34. The van der Waals surface area contributed by atoms with E-state index in [1.807, 2.05) is 10.3 Å². The van der Waals surface area contributed by atoms with Gasteiger partial charge in [0, 0.05) is 24.5 Å². The van der Waals surface area contributed by atoms with Crippen LogP contribution >= 0.6 is 11.3 Å². The van der Waals surface area contributed by atoms with Crippen LogP contribution in [0.2, 0.25) is 0 Å². The third-order valence-electron chi connectivity index (χ3n) is 4.49. The lowest BCUT2D eigenvalue weighted by Gasteiger charge is -2.40. The van der Waals surface area contributed by atoms with Crippen LogP contribution in [-0.2, 0) is 11.2 Å². The molecule has 0 bridgehead atoms. The number of likely N-dealkylation sites (tertiary alicyclic amines) is 2. The Kier molecular flexibility index (Phi) is 4.68. The molecule has 1 radical (unpaired) electrons. The Balaban J connectivity index is 1.46. The zero-order valence-corrected chi connectivity index (χ0v) is 12.7. The van der Waals surface area contributed by atoms with Gasteiger partial charge in [-0.15, -0.1) is 11.3 Å². The van der Waals surface area contributed by atoms with Gasteiger partial charge in [0.15, 0.2) is 5.51 Å². The maximum absolute atomic E-state index is 12.2. The number of aromatic nitrogens is 1. The van der Waals surface area contributed by atoms with Gasteiger partial charge >= 0.3 is 0 Å². The summed E-state index contributed by atoms with van der Waals surface area (Å²) in [5, 5.41) is 1.92. The molecule has 3 heterocycles. The largest absolute Gasteiger partial charge is 0.342 e. The van der Waals surface area contributed by atoms with E-state index >= 15 is 0 Å². The first-order valence-corrected chi connectivity index (χ1v) is 8.53. The Bertz CT molecular complexity index is 420. The molecular formula is C15H22N3OS. The normalized spacial score (nSPS) is 22.1. The van der Waals surface area contributed by atoms with Gasteiger partial charge in [-0.2, -0.15) is 0 Å². The quantitative estimate of drug-likeness (QED) is 0.854. The van der Waals surface area contributed by atoms with Crippen LogP contribution in [0, 0.1) is 5.51 Å². The van der Waals surface area contributed by atoms with Gasteiger partial charge in [-0.25, -0.2) is 4.98 Å². The Morgan fingerprint density at radius 3 is 2.65 bits per heavy atom. The van der Waals surface area contributed by atoms with Gasteiger partial charge in [0.05, 0.1) is 12.1 Å². The van der Waals surface area contributed by atoms with Crippen molar-refractivity contribution in [2.45, 2.75) is 44.6 Å². The third-order valence-corrected chi connectivity index (χ3v) is 5.08. The zero-order valence-electron chi connectivity index (χ0n) is 11.9. The number of piperidine rings is 2. The molecule has 1 aromatic heterocycles. The molecule has 0 aromatic carbocycles. The van der Waals surface area contributed by atoms with Crippen LogP contribution in [0.1, 0.15) is 37.8 Å². The zero-order chi connectivity index (χ0) is 13.8. The molecule has 2 fully saturated rings. The van der Waals surface area contributed by atoms with E-state index in [9.17, 15) is 4.79 Å². The number of amides is 1. The highest BCUT2D eigenvalue weighted by molar-refractivity contribution is 7.07. The lowest BCUT2D eigenvalue weighted by Crippen LogP contribution is -2.48. The SMILES string of the molecule is O=C(Cc1cs[c]n1)N1CCC(N2CCCCC2)CC1. The summed E-state index contributed by atoms with van der Waals surface area (Å²) in [5.41, 5.74) is 3.66. The maximum Gasteiger partial charge on any atom is 0.228 e.